The number of hydrogen-bond donors (Lipinski definition) is 0. The van der Waals surface area contributed by atoms with E-state index in [0.717, 1.165) is 18.2 Å². The lowest BCUT2D eigenvalue weighted by atomic mass is 10.1. The van der Waals surface area contributed by atoms with E-state index >= 15 is 0 Å². The maximum atomic E-state index is 11.8. The fraction of sp³-hybridized carbons (Fsp3) is 0.421. The highest BCUT2D eigenvalue weighted by Crippen LogP contribution is 2.11. The lowest BCUT2D eigenvalue weighted by molar-refractivity contribution is 0.507. The number of hydrogen-bond acceptors (Lipinski definition) is 2. The molecule has 1 aromatic carbocycles. The lowest BCUT2D eigenvalue weighted by Gasteiger charge is -1.97. The molecule has 0 aliphatic carbocycles. The third kappa shape index (κ3) is 4.79. The Balaban J connectivity index is 1.89. The summed E-state index contributed by atoms with van der Waals surface area (Å²) in [6, 6.07) is 9.27. The molecule has 0 saturated heterocycles. The highest BCUT2D eigenvalue weighted by atomic mass is 16.4. The van der Waals surface area contributed by atoms with Gasteiger partial charge in [0.1, 0.15) is 0 Å². The second-order valence-corrected chi connectivity index (χ2v) is 5.30. The molecule has 1 aromatic heterocycles. The number of fused-ring (bicyclic) bond motifs is 1. The van der Waals surface area contributed by atoms with Crippen molar-refractivity contribution in [2.45, 2.75) is 51.9 Å². The van der Waals surface area contributed by atoms with Crippen LogP contribution in [-0.4, -0.2) is 0 Å². The van der Waals surface area contributed by atoms with Crippen LogP contribution in [0.5, 0.6) is 0 Å². The van der Waals surface area contributed by atoms with Crippen LogP contribution in [0.2, 0.25) is 0 Å². The Morgan fingerprint density at radius 3 is 2.67 bits per heavy atom. The smallest absolute Gasteiger partial charge is 0.344 e. The molecule has 1 heterocycles. The van der Waals surface area contributed by atoms with Gasteiger partial charge in [0.05, 0.1) is 5.39 Å². The largest absolute Gasteiger partial charge is 0.414 e. The molecule has 2 heteroatoms. The molecule has 0 spiro atoms. The van der Waals surface area contributed by atoms with E-state index in [1.807, 2.05) is 24.3 Å². The van der Waals surface area contributed by atoms with Gasteiger partial charge in [0, 0.05) is 6.42 Å². The zero-order chi connectivity index (χ0) is 14.9. The predicted molar refractivity (Wildman–Crippen MR) is 87.4 cm³/mol. The van der Waals surface area contributed by atoms with E-state index in [-0.39, 0.29) is 5.63 Å². The first-order chi connectivity index (χ1) is 10.3. The quantitative estimate of drug-likeness (QED) is 0.557. The first-order valence-electron chi connectivity index (χ1n) is 7.83. The van der Waals surface area contributed by atoms with Crippen LogP contribution in [0.4, 0.5) is 0 Å². The van der Waals surface area contributed by atoms with Gasteiger partial charge in [-0.25, -0.2) is 4.79 Å². The van der Waals surface area contributed by atoms with Gasteiger partial charge in [0.15, 0.2) is 5.76 Å². The van der Waals surface area contributed by atoms with Gasteiger partial charge in [-0.15, -0.1) is 0 Å². The number of rotatable bonds is 6. The Labute approximate surface area is 126 Å². The molecule has 0 atom stereocenters. The van der Waals surface area contributed by atoms with Crippen LogP contribution in [0, 0.1) is 11.8 Å². The topological polar surface area (TPSA) is 30.2 Å². The van der Waals surface area contributed by atoms with E-state index in [9.17, 15) is 4.79 Å². The predicted octanol–water partition coefficient (Wildman–Crippen LogP) is 4.90. The molecule has 0 aliphatic heterocycles. The van der Waals surface area contributed by atoms with Crippen molar-refractivity contribution in [2.24, 2.45) is 0 Å². The minimum absolute atomic E-state index is 0.308. The van der Waals surface area contributed by atoms with Crippen LogP contribution in [0.15, 0.2) is 39.5 Å². The second kappa shape index (κ2) is 8.32. The molecule has 0 saturated carbocycles. The molecule has 21 heavy (non-hydrogen) atoms. The maximum Gasteiger partial charge on any atom is 0.344 e. The molecule has 0 unspecified atom stereocenters. The molecule has 0 N–H and O–H groups in total. The van der Waals surface area contributed by atoms with Crippen molar-refractivity contribution in [3.05, 3.63) is 46.5 Å². The van der Waals surface area contributed by atoms with Crippen LogP contribution in [-0.2, 0) is 0 Å². The van der Waals surface area contributed by atoms with E-state index in [1.54, 1.807) is 6.07 Å². The normalized spacial score (nSPS) is 10.3. The van der Waals surface area contributed by atoms with Gasteiger partial charge in [-0.05, 0) is 29.9 Å². The molecular weight excluding hydrogens is 260 g/mol. The van der Waals surface area contributed by atoms with Gasteiger partial charge in [0.2, 0.25) is 0 Å². The first kappa shape index (κ1) is 15.4. The summed E-state index contributed by atoms with van der Waals surface area (Å²) in [5, 5.41) is 1.50. The van der Waals surface area contributed by atoms with Gasteiger partial charge in [-0.1, -0.05) is 63.1 Å². The summed E-state index contributed by atoms with van der Waals surface area (Å²) in [7, 11) is 0. The Morgan fingerprint density at radius 2 is 1.81 bits per heavy atom. The Kier molecular flexibility index (Phi) is 6.09. The van der Waals surface area contributed by atoms with Crippen LogP contribution in [0.1, 0.15) is 57.6 Å². The van der Waals surface area contributed by atoms with Crippen molar-refractivity contribution in [1.82, 2.24) is 0 Å². The van der Waals surface area contributed by atoms with Crippen molar-refractivity contribution in [3.63, 3.8) is 0 Å². The SMILES string of the molecule is CCCCCCCCC#Cc1cc2ccccc2c(=O)o1. The molecule has 2 rings (SSSR count). The summed E-state index contributed by atoms with van der Waals surface area (Å²) in [4.78, 5) is 11.8. The summed E-state index contributed by atoms with van der Waals surface area (Å²) in [6.07, 6.45) is 8.44. The van der Waals surface area contributed by atoms with E-state index in [1.165, 1.54) is 32.1 Å². The molecule has 0 amide bonds. The van der Waals surface area contributed by atoms with Gasteiger partial charge in [0.25, 0.3) is 0 Å². The molecule has 110 valence electrons. The molecule has 0 bridgehead atoms. The zero-order valence-corrected chi connectivity index (χ0v) is 12.7. The second-order valence-electron chi connectivity index (χ2n) is 5.30. The number of unbranched alkanes of at least 4 members (excludes halogenated alkanes) is 6. The summed E-state index contributed by atoms with van der Waals surface area (Å²) < 4.78 is 5.22. The van der Waals surface area contributed by atoms with E-state index in [4.69, 9.17) is 4.42 Å². The molecule has 2 nitrogen and oxygen atoms in total. The zero-order valence-electron chi connectivity index (χ0n) is 12.7. The third-order valence-corrected chi connectivity index (χ3v) is 3.54. The first-order valence-corrected chi connectivity index (χ1v) is 7.83. The Morgan fingerprint density at radius 1 is 1.05 bits per heavy atom. The molecule has 2 aromatic rings. The average molecular weight is 282 g/mol. The van der Waals surface area contributed by atoms with Crippen LogP contribution >= 0.6 is 0 Å². The monoisotopic (exact) mass is 282 g/mol. The van der Waals surface area contributed by atoms with Crippen molar-refractivity contribution >= 4 is 10.8 Å². The molecule has 0 radical (unpaired) electrons. The molecule has 0 aliphatic rings. The van der Waals surface area contributed by atoms with Crippen LogP contribution < -0.4 is 5.63 Å². The molecule has 0 fully saturated rings. The van der Waals surface area contributed by atoms with Gasteiger partial charge >= 0.3 is 5.63 Å². The lowest BCUT2D eigenvalue weighted by Crippen LogP contribution is -2.00. The Hall–Kier alpha value is -2.01. The van der Waals surface area contributed by atoms with Crippen molar-refractivity contribution < 1.29 is 4.42 Å². The van der Waals surface area contributed by atoms with Crippen LogP contribution in [0.25, 0.3) is 10.8 Å². The van der Waals surface area contributed by atoms with Gasteiger partial charge < -0.3 is 4.42 Å². The average Bonchev–Trinajstić information content (AvgIpc) is 2.50. The highest BCUT2D eigenvalue weighted by Gasteiger charge is 2.01. The third-order valence-electron chi connectivity index (χ3n) is 3.54. The van der Waals surface area contributed by atoms with E-state index in [2.05, 4.69) is 18.8 Å². The Bertz CT molecular complexity index is 686. The molecular formula is C19H22O2. The fourth-order valence-corrected chi connectivity index (χ4v) is 2.34. The van der Waals surface area contributed by atoms with Crippen LogP contribution in [0.3, 0.4) is 0 Å². The van der Waals surface area contributed by atoms with Crippen molar-refractivity contribution in [1.29, 1.82) is 0 Å². The summed E-state index contributed by atoms with van der Waals surface area (Å²) in [5.41, 5.74) is -0.308. The van der Waals surface area contributed by atoms with E-state index < -0.39 is 0 Å². The maximum absolute atomic E-state index is 11.8. The van der Waals surface area contributed by atoms with Gasteiger partial charge in [-0.2, -0.15) is 0 Å². The van der Waals surface area contributed by atoms with Gasteiger partial charge in [-0.3, -0.25) is 0 Å². The summed E-state index contributed by atoms with van der Waals surface area (Å²) in [6.45, 7) is 2.23. The van der Waals surface area contributed by atoms with Crippen molar-refractivity contribution in [3.8, 4) is 11.8 Å². The number of benzene rings is 1. The standard InChI is InChI=1S/C19H22O2/c1-2-3-4-5-6-7-8-9-13-17-15-16-12-10-11-14-18(16)19(20)21-17/h10-12,14-15H,2-8H2,1H3. The minimum atomic E-state index is -0.308. The van der Waals surface area contributed by atoms with E-state index in [0.29, 0.717) is 11.1 Å². The fourth-order valence-electron chi connectivity index (χ4n) is 2.34. The minimum Gasteiger partial charge on any atom is -0.414 e. The van der Waals surface area contributed by atoms with Crippen molar-refractivity contribution in [2.75, 3.05) is 0 Å². The highest BCUT2D eigenvalue weighted by molar-refractivity contribution is 5.81. The summed E-state index contributed by atoms with van der Waals surface area (Å²) >= 11 is 0. The summed E-state index contributed by atoms with van der Waals surface area (Å²) in [5.74, 6) is 6.53.